The average molecular weight is 453 g/mol. The molecule has 1 aliphatic carbocycles. The number of rotatable bonds is 5. The quantitative estimate of drug-likeness (QED) is 0.435. The Balaban J connectivity index is 1.77. The topological polar surface area (TPSA) is 55.4 Å². The lowest BCUT2D eigenvalue weighted by molar-refractivity contribution is -0.155. The number of halogens is 3. The summed E-state index contributed by atoms with van der Waals surface area (Å²) in [5.74, 6) is -1.89. The number of ether oxygens (including phenoxy) is 1. The molecule has 3 atom stereocenters. The monoisotopic (exact) mass is 451 g/mol. The van der Waals surface area contributed by atoms with E-state index < -0.39 is 23.9 Å². The van der Waals surface area contributed by atoms with Crippen LogP contribution in [-0.4, -0.2) is 18.0 Å². The Labute approximate surface area is 184 Å². The van der Waals surface area contributed by atoms with Gasteiger partial charge in [-0.15, -0.1) is 0 Å². The molecule has 0 spiro atoms. The van der Waals surface area contributed by atoms with Crippen LogP contribution in [0.5, 0.6) is 0 Å². The van der Waals surface area contributed by atoms with Crippen molar-refractivity contribution in [1.82, 2.24) is 0 Å². The molecular formula is C22H20Cl3NO3. The van der Waals surface area contributed by atoms with Gasteiger partial charge < -0.3 is 10.1 Å². The molecule has 0 aromatic heterocycles. The minimum atomic E-state index is -0.790. The number of fused-ring (bicyclic) bond motifs is 1. The SMILES string of the molecule is CC(OC(=O)C1CC=CCC1C(=O)Nc1cccc2ccccc12)C(Cl)=C(Cl)Cl. The minimum absolute atomic E-state index is 0.0461. The summed E-state index contributed by atoms with van der Waals surface area (Å²) in [7, 11) is 0. The summed E-state index contributed by atoms with van der Waals surface area (Å²) in [5.41, 5.74) is 0.711. The number of carbonyl (C=O) groups excluding carboxylic acids is 2. The first kappa shape index (κ1) is 21.7. The summed E-state index contributed by atoms with van der Waals surface area (Å²) in [6, 6.07) is 13.5. The van der Waals surface area contributed by atoms with E-state index in [0.29, 0.717) is 18.5 Å². The van der Waals surface area contributed by atoms with E-state index in [-0.39, 0.29) is 15.4 Å². The lowest BCUT2D eigenvalue weighted by Gasteiger charge is -2.27. The molecule has 4 nitrogen and oxygen atoms in total. The van der Waals surface area contributed by atoms with Crippen LogP contribution >= 0.6 is 34.8 Å². The van der Waals surface area contributed by atoms with Crippen molar-refractivity contribution >= 4 is 63.1 Å². The summed E-state index contributed by atoms with van der Waals surface area (Å²) in [4.78, 5) is 25.7. The Morgan fingerprint density at radius 3 is 2.38 bits per heavy atom. The first-order valence-electron chi connectivity index (χ1n) is 9.23. The van der Waals surface area contributed by atoms with E-state index in [1.165, 1.54) is 0 Å². The number of nitrogens with one attached hydrogen (secondary N) is 1. The number of benzene rings is 2. The summed E-state index contributed by atoms with van der Waals surface area (Å²) in [6.45, 7) is 1.58. The van der Waals surface area contributed by atoms with Crippen LogP contribution in [0.2, 0.25) is 0 Å². The molecule has 1 N–H and O–H groups in total. The van der Waals surface area contributed by atoms with Crippen molar-refractivity contribution in [3.8, 4) is 0 Å². The molecule has 0 saturated heterocycles. The zero-order valence-electron chi connectivity index (χ0n) is 15.7. The largest absolute Gasteiger partial charge is 0.457 e. The highest BCUT2D eigenvalue weighted by Crippen LogP contribution is 2.31. The van der Waals surface area contributed by atoms with Crippen LogP contribution in [0.15, 0.2) is 64.1 Å². The van der Waals surface area contributed by atoms with Crippen LogP contribution in [0.1, 0.15) is 19.8 Å². The number of allylic oxidation sites excluding steroid dienone is 2. The Morgan fingerprint density at radius 2 is 1.66 bits per heavy atom. The van der Waals surface area contributed by atoms with Crippen LogP contribution in [0, 0.1) is 11.8 Å². The molecule has 29 heavy (non-hydrogen) atoms. The van der Waals surface area contributed by atoms with Gasteiger partial charge in [0.05, 0.1) is 16.9 Å². The van der Waals surface area contributed by atoms with Crippen molar-refractivity contribution < 1.29 is 14.3 Å². The molecule has 0 fully saturated rings. The van der Waals surface area contributed by atoms with Crippen molar-refractivity contribution in [2.24, 2.45) is 11.8 Å². The number of hydrogen-bond acceptors (Lipinski definition) is 3. The van der Waals surface area contributed by atoms with Gasteiger partial charge in [0.2, 0.25) is 5.91 Å². The molecule has 2 aromatic rings. The second kappa shape index (κ2) is 9.66. The number of hydrogen-bond donors (Lipinski definition) is 1. The lowest BCUT2D eigenvalue weighted by atomic mass is 9.82. The van der Waals surface area contributed by atoms with Crippen LogP contribution in [0.25, 0.3) is 10.8 Å². The van der Waals surface area contributed by atoms with E-state index >= 15 is 0 Å². The Kier molecular flexibility index (Phi) is 7.23. The summed E-state index contributed by atoms with van der Waals surface area (Å²) in [5, 5.41) is 4.99. The normalized spacial score (nSPS) is 19.4. The molecule has 3 rings (SSSR count). The molecule has 7 heteroatoms. The van der Waals surface area contributed by atoms with Crippen LogP contribution in [-0.2, 0) is 14.3 Å². The molecule has 0 saturated carbocycles. The molecule has 0 aliphatic heterocycles. The van der Waals surface area contributed by atoms with E-state index in [4.69, 9.17) is 39.5 Å². The first-order chi connectivity index (χ1) is 13.9. The van der Waals surface area contributed by atoms with Crippen molar-refractivity contribution in [1.29, 1.82) is 0 Å². The van der Waals surface area contributed by atoms with Gasteiger partial charge in [-0.25, -0.2) is 0 Å². The molecule has 152 valence electrons. The fourth-order valence-electron chi connectivity index (χ4n) is 3.39. The van der Waals surface area contributed by atoms with Gasteiger partial charge in [0.15, 0.2) is 0 Å². The Bertz CT molecular complexity index is 977. The van der Waals surface area contributed by atoms with E-state index in [1.807, 2.05) is 54.6 Å². The second-order valence-corrected chi connectivity index (χ2v) is 8.22. The maximum absolute atomic E-state index is 13.0. The number of amides is 1. The Morgan fingerprint density at radius 1 is 1.00 bits per heavy atom. The van der Waals surface area contributed by atoms with Gasteiger partial charge >= 0.3 is 5.97 Å². The third kappa shape index (κ3) is 5.13. The molecule has 0 bridgehead atoms. The average Bonchev–Trinajstić information content (AvgIpc) is 2.73. The smallest absolute Gasteiger partial charge is 0.310 e. The number of esters is 1. The molecule has 1 amide bonds. The predicted molar refractivity (Wildman–Crippen MR) is 118 cm³/mol. The lowest BCUT2D eigenvalue weighted by Crippen LogP contribution is -2.37. The van der Waals surface area contributed by atoms with Crippen molar-refractivity contribution in [2.75, 3.05) is 5.32 Å². The van der Waals surface area contributed by atoms with Crippen molar-refractivity contribution in [3.05, 3.63) is 64.1 Å². The van der Waals surface area contributed by atoms with Gasteiger partial charge in [0, 0.05) is 11.1 Å². The molecule has 1 aliphatic rings. The fourth-order valence-corrected chi connectivity index (χ4v) is 3.74. The van der Waals surface area contributed by atoms with Gasteiger partial charge in [-0.2, -0.15) is 0 Å². The molecule has 3 unspecified atom stereocenters. The van der Waals surface area contributed by atoms with Gasteiger partial charge in [-0.05, 0) is 31.2 Å². The third-order valence-corrected chi connectivity index (χ3v) is 6.05. The number of anilines is 1. The van der Waals surface area contributed by atoms with Gasteiger partial charge in [0.25, 0.3) is 0 Å². The molecule has 2 aromatic carbocycles. The van der Waals surface area contributed by atoms with E-state index in [2.05, 4.69) is 5.32 Å². The van der Waals surface area contributed by atoms with Crippen LogP contribution < -0.4 is 5.32 Å². The molecule has 0 radical (unpaired) electrons. The highest BCUT2D eigenvalue weighted by atomic mass is 35.5. The summed E-state index contributed by atoms with van der Waals surface area (Å²) < 4.78 is 5.25. The molecule has 0 heterocycles. The third-order valence-electron chi connectivity index (χ3n) is 4.95. The maximum atomic E-state index is 13.0. The van der Waals surface area contributed by atoms with Gasteiger partial charge in [-0.3, -0.25) is 9.59 Å². The van der Waals surface area contributed by atoms with Crippen molar-refractivity contribution in [3.63, 3.8) is 0 Å². The van der Waals surface area contributed by atoms with E-state index in [0.717, 1.165) is 10.8 Å². The van der Waals surface area contributed by atoms with Gasteiger partial charge in [-0.1, -0.05) is 83.4 Å². The highest BCUT2D eigenvalue weighted by molar-refractivity contribution is 6.59. The first-order valence-corrected chi connectivity index (χ1v) is 10.4. The Hall–Kier alpha value is -2.01. The summed E-state index contributed by atoms with van der Waals surface area (Å²) in [6.07, 6.45) is 3.86. The minimum Gasteiger partial charge on any atom is -0.457 e. The maximum Gasteiger partial charge on any atom is 0.310 e. The van der Waals surface area contributed by atoms with Crippen LogP contribution in [0.3, 0.4) is 0 Å². The van der Waals surface area contributed by atoms with E-state index in [9.17, 15) is 9.59 Å². The zero-order chi connectivity index (χ0) is 21.0. The second-order valence-electron chi connectivity index (χ2n) is 6.86. The predicted octanol–water partition coefficient (Wildman–Crippen LogP) is 6.18. The highest BCUT2D eigenvalue weighted by Gasteiger charge is 2.36. The number of carbonyl (C=O) groups is 2. The zero-order valence-corrected chi connectivity index (χ0v) is 18.0. The van der Waals surface area contributed by atoms with Gasteiger partial charge in [0.1, 0.15) is 10.6 Å². The fraction of sp³-hybridized carbons (Fsp3) is 0.273. The standard InChI is InChI=1S/C22H20Cl3NO3/c1-13(19(23)20(24)25)29-22(28)17-11-5-4-10-16(17)21(27)26-18-12-6-8-14-7-2-3-9-15(14)18/h2-9,12-13,16-17H,10-11H2,1H3,(H,26,27). The molecular weight excluding hydrogens is 433 g/mol. The summed E-state index contributed by atoms with van der Waals surface area (Å²) >= 11 is 17.3. The van der Waals surface area contributed by atoms with E-state index in [1.54, 1.807) is 6.92 Å². The van der Waals surface area contributed by atoms with Crippen LogP contribution in [0.4, 0.5) is 5.69 Å². The van der Waals surface area contributed by atoms with Crippen molar-refractivity contribution in [2.45, 2.75) is 25.9 Å².